The van der Waals surface area contributed by atoms with Crippen LogP contribution in [0.1, 0.15) is 0 Å². The third kappa shape index (κ3) is 6.27. The summed E-state index contributed by atoms with van der Waals surface area (Å²) in [6.45, 7) is 4.60. The smallest absolute Gasteiger partial charge is 1.00 e. The standard InChI is InChI=1S/C6H5.C2H7Si.2ClH.Ti/c1-2-4-6-5-3-1;1-3-2;;;/h1-5H;3H,1-2H3;2*1H;/q;;;;+2/p-2. The van der Waals surface area contributed by atoms with Crippen LogP contribution in [0.4, 0.5) is 0 Å². The van der Waals surface area contributed by atoms with Crippen molar-refractivity contribution in [3.63, 3.8) is 0 Å². The average Bonchev–Trinajstić information content (AvgIpc) is 1.88. The Balaban J connectivity index is 0. The SMILES string of the molecule is C[SiH](C)[Ti+2][c]1ccccc1.[Cl-].[Cl-]. The summed E-state index contributed by atoms with van der Waals surface area (Å²) in [6, 6.07) is 10.9. The van der Waals surface area contributed by atoms with Crippen molar-refractivity contribution in [3.8, 4) is 0 Å². The van der Waals surface area contributed by atoms with Crippen molar-refractivity contribution < 1.29 is 43.2 Å². The summed E-state index contributed by atoms with van der Waals surface area (Å²) >= 11 is 0.279. The van der Waals surface area contributed by atoms with Crippen LogP contribution in [0, 0.1) is 0 Å². The number of benzene rings is 1. The Kier molecular flexibility index (Phi) is 10.6. The Labute approximate surface area is 96.7 Å². The fourth-order valence-corrected chi connectivity index (χ4v) is 6.05. The van der Waals surface area contributed by atoms with Gasteiger partial charge in [0.15, 0.2) is 0 Å². The Morgan fingerprint density at radius 1 is 1.00 bits per heavy atom. The molecule has 0 aromatic heterocycles. The largest absolute Gasteiger partial charge is 1.00 e. The molecular weight excluding hydrogens is 243 g/mol. The fourth-order valence-electron chi connectivity index (χ4n) is 0.868. The molecule has 0 aliphatic rings. The van der Waals surface area contributed by atoms with E-state index in [4.69, 9.17) is 0 Å². The first-order chi connectivity index (χ1) is 4.79. The number of rotatable bonds is 2. The van der Waals surface area contributed by atoms with Gasteiger partial charge in [-0.25, -0.2) is 0 Å². The summed E-state index contributed by atoms with van der Waals surface area (Å²) in [5.74, 6) is 0. The van der Waals surface area contributed by atoms with E-state index in [0.29, 0.717) is 0 Å². The minimum atomic E-state index is -0.272. The molecule has 0 aliphatic carbocycles. The molecule has 12 heavy (non-hydrogen) atoms. The van der Waals surface area contributed by atoms with Crippen molar-refractivity contribution in [2.75, 3.05) is 0 Å². The molecular formula is C8H12Cl2SiTi. The quantitative estimate of drug-likeness (QED) is 0.466. The Morgan fingerprint density at radius 2 is 1.50 bits per heavy atom. The van der Waals surface area contributed by atoms with E-state index in [2.05, 4.69) is 43.4 Å². The van der Waals surface area contributed by atoms with Crippen molar-refractivity contribution in [1.82, 2.24) is 0 Å². The molecule has 0 radical (unpaired) electrons. The summed E-state index contributed by atoms with van der Waals surface area (Å²) in [5.41, 5.74) is 0. The Morgan fingerprint density at radius 3 is 1.92 bits per heavy atom. The zero-order valence-electron chi connectivity index (χ0n) is 7.22. The zero-order chi connectivity index (χ0) is 7.40. The van der Waals surface area contributed by atoms with Gasteiger partial charge >= 0.3 is 72.4 Å². The molecule has 0 aliphatic heterocycles. The van der Waals surface area contributed by atoms with E-state index >= 15 is 0 Å². The van der Waals surface area contributed by atoms with E-state index in [1.165, 1.54) is 0 Å². The van der Waals surface area contributed by atoms with Crippen molar-refractivity contribution in [2.24, 2.45) is 0 Å². The molecule has 0 saturated heterocycles. The second-order valence-corrected chi connectivity index (χ2v) is 12.9. The molecule has 0 N–H and O–H groups in total. The maximum Gasteiger partial charge on any atom is -1.00 e. The molecule has 0 unspecified atom stereocenters. The average molecular weight is 255 g/mol. The number of halogens is 2. The zero-order valence-corrected chi connectivity index (χ0v) is 11.4. The monoisotopic (exact) mass is 254 g/mol. The normalized spacial score (nSPS) is 7.92. The predicted octanol–water partition coefficient (Wildman–Crippen LogP) is -4.61. The van der Waals surface area contributed by atoms with Gasteiger partial charge < -0.3 is 24.8 Å². The van der Waals surface area contributed by atoms with Crippen molar-refractivity contribution in [3.05, 3.63) is 30.3 Å². The van der Waals surface area contributed by atoms with Gasteiger partial charge in [-0.3, -0.25) is 0 Å². The summed E-state index contributed by atoms with van der Waals surface area (Å²) in [7, 11) is 0. The minimum absolute atomic E-state index is 0. The molecule has 0 saturated carbocycles. The molecule has 0 atom stereocenters. The van der Waals surface area contributed by atoms with Crippen LogP contribution in [0.25, 0.3) is 0 Å². The molecule has 0 heterocycles. The van der Waals surface area contributed by atoms with Gasteiger partial charge in [0.2, 0.25) is 0 Å². The second kappa shape index (κ2) is 8.33. The summed E-state index contributed by atoms with van der Waals surface area (Å²) in [5, 5.41) is 0. The van der Waals surface area contributed by atoms with Crippen molar-refractivity contribution >= 4 is 10.5 Å². The van der Waals surface area contributed by atoms with Crippen LogP contribution in [0.3, 0.4) is 0 Å². The number of hydrogen-bond acceptors (Lipinski definition) is 0. The minimum Gasteiger partial charge on any atom is -1.00 e. The molecule has 0 nitrogen and oxygen atoms in total. The van der Waals surface area contributed by atoms with Crippen LogP contribution in [0.2, 0.25) is 13.1 Å². The van der Waals surface area contributed by atoms with Gasteiger partial charge in [-0.05, 0) is 0 Å². The maximum atomic E-state index is 2.44. The molecule has 0 amide bonds. The third-order valence-corrected chi connectivity index (χ3v) is 6.93. The first kappa shape index (κ1) is 15.2. The number of hydrogen-bond donors (Lipinski definition) is 0. The molecule has 0 fully saturated rings. The fraction of sp³-hybridized carbons (Fsp3) is 0.250. The van der Waals surface area contributed by atoms with Gasteiger partial charge in [0, 0.05) is 0 Å². The van der Waals surface area contributed by atoms with E-state index in [9.17, 15) is 0 Å². The van der Waals surface area contributed by atoms with Gasteiger partial charge in [-0.2, -0.15) is 0 Å². The van der Waals surface area contributed by atoms with E-state index in [0.717, 1.165) is 0 Å². The van der Waals surface area contributed by atoms with Gasteiger partial charge in [0.1, 0.15) is 0 Å². The molecule has 4 heteroatoms. The topological polar surface area (TPSA) is 0 Å². The predicted molar refractivity (Wildman–Crippen MR) is 45.0 cm³/mol. The third-order valence-electron chi connectivity index (χ3n) is 1.23. The van der Waals surface area contributed by atoms with Gasteiger partial charge in [0.05, 0.1) is 0 Å². The summed E-state index contributed by atoms with van der Waals surface area (Å²) in [4.78, 5) is 0. The van der Waals surface area contributed by atoms with Gasteiger partial charge in [-0.15, -0.1) is 0 Å². The first-order valence-corrected chi connectivity index (χ1v) is 9.98. The van der Waals surface area contributed by atoms with Crippen LogP contribution in [-0.2, 0) is 18.4 Å². The Bertz CT molecular complexity index is 192. The molecule has 1 aromatic carbocycles. The van der Waals surface area contributed by atoms with Crippen LogP contribution in [-0.4, -0.2) is 6.66 Å². The second-order valence-electron chi connectivity index (χ2n) is 2.67. The molecule has 1 rings (SSSR count). The van der Waals surface area contributed by atoms with Crippen molar-refractivity contribution in [1.29, 1.82) is 0 Å². The Hall–Kier alpha value is 0.731. The van der Waals surface area contributed by atoms with Gasteiger partial charge in [-0.1, -0.05) is 0 Å². The van der Waals surface area contributed by atoms with E-state index in [-0.39, 0.29) is 49.9 Å². The molecule has 66 valence electrons. The van der Waals surface area contributed by atoms with Crippen LogP contribution in [0.15, 0.2) is 30.3 Å². The first-order valence-electron chi connectivity index (χ1n) is 3.60. The van der Waals surface area contributed by atoms with Crippen LogP contribution < -0.4 is 28.7 Å². The van der Waals surface area contributed by atoms with E-state index in [1.54, 1.807) is 3.87 Å². The van der Waals surface area contributed by atoms with E-state index in [1.807, 2.05) is 0 Å². The van der Waals surface area contributed by atoms with Crippen LogP contribution in [0.5, 0.6) is 0 Å². The summed E-state index contributed by atoms with van der Waals surface area (Å²) < 4.78 is 1.63. The molecule has 0 spiro atoms. The maximum absolute atomic E-state index is 2.44. The van der Waals surface area contributed by atoms with Gasteiger partial charge in [0.25, 0.3) is 0 Å². The van der Waals surface area contributed by atoms with Crippen LogP contribution >= 0.6 is 0 Å². The summed E-state index contributed by atoms with van der Waals surface area (Å²) in [6.07, 6.45) is 0. The van der Waals surface area contributed by atoms with Crippen molar-refractivity contribution in [2.45, 2.75) is 13.1 Å². The molecule has 1 aromatic rings. The van der Waals surface area contributed by atoms with E-state index < -0.39 is 0 Å². The molecule has 0 bridgehead atoms.